The lowest BCUT2D eigenvalue weighted by molar-refractivity contribution is -0.116. The van der Waals surface area contributed by atoms with E-state index in [1.165, 1.54) is 12.1 Å². The zero-order valence-electron chi connectivity index (χ0n) is 17.4. The van der Waals surface area contributed by atoms with Crippen LogP contribution in [0.3, 0.4) is 0 Å². The molecule has 0 spiro atoms. The second kappa shape index (κ2) is 8.05. The maximum Gasteiger partial charge on any atom is 0.240 e. The number of nitrogens with zero attached hydrogens (tertiary/aromatic N) is 2. The van der Waals surface area contributed by atoms with Crippen molar-refractivity contribution in [1.29, 1.82) is 0 Å². The van der Waals surface area contributed by atoms with Gasteiger partial charge >= 0.3 is 0 Å². The van der Waals surface area contributed by atoms with Crippen molar-refractivity contribution in [2.75, 3.05) is 11.9 Å². The summed E-state index contributed by atoms with van der Waals surface area (Å²) >= 11 is 0. The van der Waals surface area contributed by atoms with Crippen molar-refractivity contribution in [3.8, 4) is 0 Å². The Morgan fingerprint density at radius 2 is 1.68 bits per heavy atom. The molecular weight excluding hydrogens is 376 g/mol. The molecule has 0 unspecified atom stereocenters. The molecule has 0 aliphatic heterocycles. The third kappa shape index (κ3) is 5.65. The van der Waals surface area contributed by atoms with Crippen molar-refractivity contribution in [3.05, 3.63) is 42.1 Å². The molecule has 0 saturated carbocycles. The highest BCUT2D eigenvalue weighted by Gasteiger charge is 2.25. The Morgan fingerprint density at radius 3 is 2.21 bits per heavy atom. The van der Waals surface area contributed by atoms with E-state index in [1.807, 2.05) is 26.8 Å². The molecule has 8 heteroatoms. The average molecular weight is 407 g/mol. The second-order valence-corrected chi connectivity index (χ2v) is 10.5. The number of aromatic nitrogens is 2. The molecule has 0 bridgehead atoms. The maximum atomic E-state index is 12.4. The number of carbonyl (C=O) groups excluding carboxylic acids is 1. The molecular formula is C20H30N4O3S. The summed E-state index contributed by atoms with van der Waals surface area (Å²) in [5, 5.41) is 7.52. The first kappa shape index (κ1) is 22.1. The number of hydrogen-bond donors (Lipinski definition) is 2. The maximum absolute atomic E-state index is 12.4. The van der Waals surface area contributed by atoms with Crippen molar-refractivity contribution >= 4 is 21.7 Å². The first-order valence-electron chi connectivity index (χ1n) is 9.26. The lowest BCUT2D eigenvalue weighted by Crippen LogP contribution is -2.30. The van der Waals surface area contributed by atoms with Gasteiger partial charge in [0.1, 0.15) is 5.82 Å². The molecule has 154 valence electrons. The van der Waals surface area contributed by atoms with Crippen LogP contribution in [0.1, 0.15) is 53.7 Å². The molecule has 2 rings (SSSR count). The predicted octanol–water partition coefficient (Wildman–Crippen LogP) is 3.24. The fraction of sp³-hybridized carbons (Fsp3) is 0.500. The van der Waals surface area contributed by atoms with Crippen molar-refractivity contribution in [1.82, 2.24) is 14.5 Å². The van der Waals surface area contributed by atoms with Crippen LogP contribution in [0.2, 0.25) is 0 Å². The van der Waals surface area contributed by atoms with Gasteiger partial charge in [-0.1, -0.05) is 39.0 Å². The Bertz CT molecular complexity index is 921. The Labute approximate surface area is 167 Å². The highest BCUT2D eigenvalue weighted by atomic mass is 32.2. The van der Waals surface area contributed by atoms with Gasteiger partial charge in [0, 0.05) is 24.4 Å². The van der Waals surface area contributed by atoms with Crippen LogP contribution >= 0.6 is 0 Å². The van der Waals surface area contributed by atoms with Crippen molar-refractivity contribution in [2.45, 2.75) is 63.8 Å². The highest BCUT2D eigenvalue weighted by Crippen LogP contribution is 2.28. The van der Waals surface area contributed by atoms with Gasteiger partial charge in [0.15, 0.2) is 0 Å². The normalized spacial score (nSPS) is 12.8. The molecule has 28 heavy (non-hydrogen) atoms. The first-order valence-corrected chi connectivity index (χ1v) is 10.7. The number of sulfonamides is 1. The highest BCUT2D eigenvalue weighted by molar-refractivity contribution is 7.89. The van der Waals surface area contributed by atoms with Crippen molar-refractivity contribution in [2.24, 2.45) is 0 Å². The Kier molecular flexibility index (Phi) is 6.35. The molecule has 1 aromatic heterocycles. The zero-order valence-corrected chi connectivity index (χ0v) is 18.2. The molecule has 2 N–H and O–H groups in total. The number of carbonyl (C=O) groups is 1. The van der Waals surface area contributed by atoms with Gasteiger partial charge in [-0.2, -0.15) is 5.10 Å². The number of anilines is 1. The van der Waals surface area contributed by atoms with E-state index in [2.05, 4.69) is 35.9 Å². The minimum atomic E-state index is -3.62. The fourth-order valence-electron chi connectivity index (χ4n) is 2.54. The van der Waals surface area contributed by atoms with Crippen LogP contribution < -0.4 is 10.0 Å². The van der Waals surface area contributed by atoms with Gasteiger partial charge in [0.2, 0.25) is 15.9 Å². The summed E-state index contributed by atoms with van der Waals surface area (Å²) in [6.07, 6.45) is 0.0201. The summed E-state index contributed by atoms with van der Waals surface area (Å²) in [5.41, 5.74) is 0.421. The van der Waals surface area contributed by atoms with Gasteiger partial charge in [-0.25, -0.2) is 17.8 Å². The van der Waals surface area contributed by atoms with E-state index in [1.54, 1.807) is 22.9 Å². The molecule has 0 radical (unpaired) electrons. The summed E-state index contributed by atoms with van der Waals surface area (Å²) in [7, 11) is -3.62. The molecule has 0 atom stereocenters. The van der Waals surface area contributed by atoms with Gasteiger partial charge in [0.05, 0.1) is 16.1 Å². The molecule has 0 aliphatic carbocycles. The van der Waals surface area contributed by atoms with Crippen LogP contribution in [0.5, 0.6) is 0 Å². The number of hydrogen-bond acceptors (Lipinski definition) is 4. The third-order valence-corrected chi connectivity index (χ3v) is 5.56. The van der Waals surface area contributed by atoms with E-state index < -0.39 is 10.0 Å². The molecule has 0 saturated heterocycles. The molecule has 0 fully saturated rings. The van der Waals surface area contributed by atoms with E-state index in [9.17, 15) is 13.2 Å². The van der Waals surface area contributed by atoms with E-state index in [-0.39, 0.29) is 34.7 Å². The topological polar surface area (TPSA) is 93.1 Å². The minimum absolute atomic E-state index is 0.0127. The quantitative estimate of drug-likeness (QED) is 0.770. The van der Waals surface area contributed by atoms with Crippen molar-refractivity contribution < 1.29 is 13.2 Å². The van der Waals surface area contributed by atoms with Gasteiger partial charge < -0.3 is 5.32 Å². The summed E-state index contributed by atoms with van der Waals surface area (Å²) in [4.78, 5) is 12.6. The van der Waals surface area contributed by atoms with Crippen LogP contribution in [-0.2, 0) is 25.8 Å². The molecule has 1 amide bonds. The van der Waals surface area contributed by atoms with E-state index in [0.717, 1.165) is 5.69 Å². The molecule has 2 aromatic rings. The minimum Gasteiger partial charge on any atom is -0.311 e. The Morgan fingerprint density at radius 1 is 1.07 bits per heavy atom. The summed E-state index contributed by atoms with van der Waals surface area (Å²) in [6, 6.07) is 9.95. The predicted molar refractivity (Wildman–Crippen MR) is 111 cm³/mol. The molecule has 7 nitrogen and oxygen atoms in total. The SMILES string of the molecule is CC(C)(C)c1cc(NC(=O)CCNS(=O)(=O)c2ccccc2)n(C(C)(C)C)n1. The smallest absolute Gasteiger partial charge is 0.240 e. The summed E-state index contributed by atoms with van der Waals surface area (Å²) in [5.74, 6) is 0.329. The van der Waals surface area contributed by atoms with Crippen molar-refractivity contribution in [3.63, 3.8) is 0 Å². The van der Waals surface area contributed by atoms with E-state index >= 15 is 0 Å². The monoisotopic (exact) mass is 406 g/mol. The van der Waals surface area contributed by atoms with Gasteiger partial charge in [-0.15, -0.1) is 0 Å². The zero-order chi connectivity index (χ0) is 21.2. The number of benzene rings is 1. The van der Waals surface area contributed by atoms with Crippen LogP contribution in [-0.4, -0.2) is 30.7 Å². The fourth-order valence-corrected chi connectivity index (χ4v) is 3.59. The molecule has 1 heterocycles. The second-order valence-electron chi connectivity index (χ2n) is 8.76. The Balaban J connectivity index is 2.04. The van der Waals surface area contributed by atoms with Crippen LogP contribution in [0, 0.1) is 0 Å². The van der Waals surface area contributed by atoms with Crippen LogP contribution in [0.25, 0.3) is 0 Å². The summed E-state index contributed by atoms with van der Waals surface area (Å²) in [6.45, 7) is 12.2. The molecule has 0 aliphatic rings. The van der Waals surface area contributed by atoms with Gasteiger partial charge in [-0.05, 0) is 32.9 Å². The largest absolute Gasteiger partial charge is 0.311 e. The Hall–Kier alpha value is -2.19. The molecule has 1 aromatic carbocycles. The standard InChI is InChI=1S/C20H30N4O3S/c1-19(2,3)16-14-17(24(23-16)20(4,5)6)22-18(25)12-13-21-28(26,27)15-10-8-7-9-11-15/h7-11,14,21H,12-13H2,1-6H3,(H,22,25). The first-order chi connectivity index (χ1) is 12.8. The van der Waals surface area contributed by atoms with Crippen LogP contribution in [0.15, 0.2) is 41.3 Å². The van der Waals surface area contributed by atoms with Crippen LogP contribution in [0.4, 0.5) is 5.82 Å². The average Bonchev–Trinajstić information content (AvgIpc) is 3.00. The van der Waals surface area contributed by atoms with Gasteiger partial charge in [-0.3, -0.25) is 4.79 Å². The van der Waals surface area contributed by atoms with E-state index in [0.29, 0.717) is 5.82 Å². The number of rotatable bonds is 6. The van der Waals surface area contributed by atoms with E-state index in [4.69, 9.17) is 0 Å². The number of amides is 1. The summed E-state index contributed by atoms with van der Waals surface area (Å²) < 4.78 is 28.7. The lowest BCUT2D eigenvalue weighted by atomic mass is 9.92. The lowest BCUT2D eigenvalue weighted by Gasteiger charge is -2.23. The number of nitrogens with one attached hydrogen (secondary N) is 2. The third-order valence-electron chi connectivity index (χ3n) is 4.08. The van der Waals surface area contributed by atoms with Gasteiger partial charge in [0.25, 0.3) is 0 Å².